The molecular weight excluding hydrogens is 460 g/mol. The zero-order valence-corrected chi connectivity index (χ0v) is 19.1. The molecule has 0 radical (unpaired) electrons. The lowest BCUT2D eigenvalue weighted by Crippen LogP contribution is -2.65. The van der Waals surface area contributed by atoms with Gasteiger partial charge in [-0.05, 0) is 12.1 Å². The molecule has 0 N–H and O–H groups in total. The Labute approximate surface area is 187 Å². The number of benzene rings is 2. The minimum absolute atomic E-state index is 0.00829. The summed E-state index contributed by atoms with van der Waals surface area (Å²) >= 11 is 0. The minimum Gasteiger partial charge on any atom is -0.353 e. The Hall–Kier alpha value is -1.86. The van der Waals surface area contributed by atoms with E-state index in [9.17, 15) is 16.8 Å². The van der Waals surface area contributed by atoms with Crippen LogP contribution in [0.1, 0.15) is 11.9 Å². The molecule has 0 amide bonds. The van der Waals surface area contributed by atoms with Crippen molar-refractivity contribution in [1.29, 1.82) is 0 Å². The fourth-order valence-corrected chi connectivity index (χ4v) is 6.61. The molecule has 2 heterocycles. The summed E-state index contributed by atoms with van der Waals surface area (Å²) in [7, 11) is -6.90. The van der Waals surface area contributed by atoms with Crippen molar-refractivity contribution in [3.63, 3.8) is 0 Å². The largest absolute Gasteiger partial charge is 0.353 e. The maximum absolute atomic E-state index is 13.7. The van der Waals surface area contributed by atoms with Gasteiger partial charge in [0.2, 0.25) is 0 Å². The van der Waals surface area contributed by atoms with Crippen LogP contribution in [0.4, 0.5) is 0 Å². The first kappa shape index (κ1) is 23.3. The molecule has 9 nitrogen and oxygen atoms in total. The van der Waals surface area contributed by atoms with Gasteiger partial charge in [0.1, 0.15) is 23.6 Å². The molecule has 0 spiro atoms. The highest BCUT2D eigenvalue weighted by molar-refractivity contribution is 7.92. The summed E-state index contributed by atoms with van der Waals surface area (Å²) in [6.45, 7) is 0.0243. The van der Waals surface area contributed by atoms with Crippen LogP contribution in [0.5, 0.6) is 0 Å². The summed E-state index contributed by atoms with van der Waals surface area (Å²) in [6.07, 6.45) is -4.66. The maximum Gasteiger partial charge on any atom is 0.264 e. The Balaban J connectivity index is 1.79. The maximum atomic E-state index is 13.7. The Morgan fingerprint density at radius 2 is 1.53 bits per heavy atom. The Morgan fingerprint density at radius 1 is 0.906 bits per heavy atom. The van der Waals surface area contributed by atoms with Gasteiger partial charge in [-0.15, -0.1) is 0 Å². The average Bonchev–Trinajstić information content (AvgIpc) is 2.78. The number of rotatable bonds is 6. The zero-order valence-electron chi connectivity index (χ0n) is 17.4. The number of hydrogen-bond acceptors (Lipinski definition) is 9. The van der Waals surface area contributed by atoms with Crippen LogP contribution in [0.15, 0.2) is 65.6 Å². The normalized spacial score (nSPS) is 31.1. The number of fused-ring (bicyclic) bond motifs is 1. The van der Waals surface area contributed by atoms with Crippen molar-refractivity contribution in [2.24, 2.45) is 0 Å². The third-order valence-electron chi connectivity index (χ3n) is 5.30. The van der Waals surface area contributed by atoms with Crippen LogP contribution in [0.25, 0.3) is 0 Å². The monoisotopic (exact) mass is 484 g/mol. The summed E-state index contributed by atoms with van der Waals surface area (Å²) in [6, 6.07) is 16.8. The molecule has 0 saturated carbocycles. The van der Waals surface area contributed by atoms with Gasteiger partial charge in [-0.3, -0.25) is 4.18 Å². The lowest BCUT2D eigenvalue weighted by molar-refractivity contribution is -0.328. The Morgan fingerprint density at radius 3 is 2.12 bits per heavy atom. The van der Waals surface area contributed by atoms with E-state index in [1.54, 1.807) is 42.5 Å². The molecule has 0 bridgehead atoms. The van der Waals surface area contributed by atoms with E-state index in [1.807, 2.05) is 6.07 Å². The van der Waals surface area contributed by atoms with Gasteiger partial charge in [-0.25, -0.2) is 8.42 Å². The van der Waals surface area contributed by atoms with E-state index in [-0.39, 0.29) is 11.5 Å². The zero-order chi connectivity index (χ0) is 22.9. The van der Waals surface area contributed by atoms with Gasteiger partial charge in [-0.1, -0.05) is 48.5 Å². The summed E-state index contributed by atoms with van der Waals surface area (Å²) in [5.74, 6) is 0. The fraction of sp³-hybridized carbons (Fsp3) is 0.429. The van der Waals surface area contributed by atoms with Gasteiger partial charge in [0, 0.05) is 12.7 Å². The van der Waals surface area contributed by atoms with E-state index in [4.69, 9.17) is 23.1 Å². The second-order valence-electron chi connectivity index (χ2n) is 7.54. The van der Waals surface area contributed by atoms with Crippen molar-refractivity contribution in [2.45, 2.75) is 41.0 Å². The van der Waals surface area contributed by atoms with Crippen molar-refractivity contribution in [2.75, 3.05) is 20.0 Å². The lowest BCUT2D eigenvalue weighted by atomic mass is 10.0. The highest BCUT2D eigenvalue weighted by Crippen LogP contribution is 2.40. The lowest BCUT2D eigenvalue weighted by Gasteiger charge is -2.48. The minimum atomic E-state index is -4.13. The van der Waals surface area contributed by atoms with Crippen LogP contribution in [-0.2, 0) is 43.1 Å². The highest BCUT2D eigenvalue weighted by atomic mass is 32.2. The first-order valence-corrected chi connectivity index (χ1v) is 13.2. The SMILES string of the molecule is CO[C@H]1O[C@@H]2CO[C@@H](c3ccccc3)O[C@H]2[C@@H](S(=O)(=O)c2ccccc2)[C@@H]1OS(C)(=O)=O. The highest BCUT2D eigenvalue weighted by Gasteiger charge is 2.57. The fourth-order valence-electron chi connectivity index (χ4n) is 3.94. The van der Waals surface area contributed by atoms with E-state index in [2.05, 4.69) is 0 Å². The van der Waals surface area contributed by atoms with Gasteiger partial charge in [0.05, 0.1) is 17.8 Å². The quantitative estimate of drug-likeness (QED) is 0.565. The van der Waals surface area contributed by atoms with Crippen molar-refractivity contribution < 1.29 is 40.0 Å². The molecule has 2 aromatic carbocycles. The molecule has 32 heavy (non-hydrogen) atoms. The average molecular weight is 485 g/mol. The number of methoxy groups -OCH3 is 1. The number of hydrogen-bond donors (Lipinski definition) is 0. The predicted octanol–water partition coefficient (Wildman–Crippen LogP) is 1.66. The topological polar surface area (TPSA) is 114 Å². The van der Waals surface area contributed by atoms with Gasteiger partial charge < -0.3 is 18.9 Å². The first-order chi connectivity index (χ1) is 15.2. The second kappa shape index (κ2) is 9.18. The van der Waals surface area contributed by atoms with Crippen molar-refractivity contribution in [1.82, 2.24) is 0 Å². The molecule has 2 saturated heterocycles. The van der Waals surface area contributed by atoms with Crippen LogP contribution in [0.3, 0.4) is 0 Å². The molecule has 0 aromatic heterocycles. The molecule has 4 rings (SSSR count). The summed E-state index contributed by atoms with van der Waals surface area (Å²) < 4.78 is 79.7. The second-order valence-corrected chi connectivity index (χ2v) is 11.2. The van der Waals surface area contributed by atoms with E-state index in [1.165, 1.54) is 19.2 Å². The van der Waals surface area contributed by atoms with Gasteiger partial charge >= 0.3 is 0 Å². The van der Waals surface area contributed by atoms with Gasteiger partial charge in [-0.2, -0.15) is 8.42 Å². The van der Waals surface area contributed by atoms with E-state index in [0.717, 1.165) is 6.26 Å². The molecular formula is C21H24O9S2. The van der Waals surface area contributed by atoms with Crippen LogP contribution >= 0.6 is 0 Å². The van der Waals surface area contributed by atoms with E-state index < -0.39 is 56.1 Å². The first-order valence-electron chi connectivity index (χ1n) is 9.88. The summed E-state index contributed by atoms with van der Waals surface area (Å²) in [5.41, 5.74) is 0.691. The number of ether oxygens (including phenoxy) is 4. The van der Waals surface area contributed by atoms with E-state index in [0.29, 0.717) is 5.56 Å². The van der Waals surface area contributed by atoms with Crippen LogP contribution in [0, 0.1) is 0 Å². The molecule has 174 valence electrons. The third kappa shape index (κ3) is 4.74. The van der Waals surface area contributed by atoms with Crippen molar-refractivity contribution in [3.05, 3.63) is 66.2 Å². The Kier molecular flexibility index (Phi) is 6.68. The molecule has 0 aliphatic carbocycles. The van der Waals surface area contributed by atoms with Crippen LogP contribution in [0.2, 0.25) is 0 Å². The molecule has 2 fully saturated rings. The standard InChI is InChI=1S/C21H24O9S2/c1-26-21-18(30-31(2,22)23)19(32(24,25)15-11-7-4-8-12-15)17-16(28-21)13-27-20(29-17)14-9-5-3-6-10-14/h3-12,16-21H,13H2,1-2H3/t16-,17-,18+,19-,20-,21+/m1/s1. The molecule has 2 aliphatic heterocycles. The number of sulfone groups is 1. The van der Waals surface area contributed by atoms with Crippen molar-refractivity contribution >= 4 is 20.0 Å². The summed E-state index contributed by atoms with van der Waals surface area (Å²) in [5, 5.41) is -1.43. The van der Waals surface area contributed by atoms with Gasteiger partial charge in [0.25, 0.3) is 10.1 Å². The molecule has 11 heteroatoms. The van der Waals surface area contributed by atoms with E-state index >= 15 is 0 Å². The molecule has 2 aliphatic rings. The molecule has 2 aromatic rings. The molecule has 6 atom stereocenters. The smallest absolute Gasteiger partial charge is 0.264 e. The third-order valence-corrected chi connectivity index (χ3v) is 8.06. The predicted molar refractivity (Wildman–Crippen MR) is 113 cm³/mol. The van der Waals surface area contributed by atoms with Crippen molar-refractivity contribution in [3.8, 4) is 0 Å². The van der Waals surface area contributed by atoms with Gasteiger partial charge in [0.15, 0.2) is 22.4 Å². The Bertz CT molecular complexity index is 1120. The van der Waals surface area contributed by atoms with Crippen LogP contribution < -0.4 is 0 Å². The molecule has 0 unspecified atom stereocenters. The summed E-state index contributed by atoms with van der Waals surface area (Å²) in [4.78, 5) is 0.00829. The van der Waals surface area contributed by atoms with Crippen LogP contribution in [-0.4, -0.2) is 66.7 Å².